The molecule has 2 aliphatic carbocycles. The number of nitrogens with two attached hydrogens (primary N) is 1. The largest absolute Gasteiger partial charge is 0.382 e. The van der Waals surface area contributed by atoms with Crippen LogP contribution in [0.25, 0.3) is 0 Å². The fourth-order valence-corrected chi connectivity index (χ4v) is 7.53. The van der Waals surface area contributed by atoms with Crippen LogP contribution in [0.4, 0.5) is 10.5 Å². The monoisotopic (exact) mass is 569 g/mol. The highest BCUT2D eigenvalue weighted by Gasteiger charge is 2.28. The van der Waals surface area contributed by atoms with E-state index in [9.17, 15) is 14.1 Å². The van der Waals surface area contributed by atoms with E-state index in [1.807, 2.05) is 30.3 Å². The van der Waals surface area contributed by atoms with Crippen LogP contribution in [0, 0.1) is 0 Å². The van der Waals surface area contributed by atoms with Gasteiger partial charge in [0.15, 0.2) is 9.92 Å². The average molecular weight is 570 g/mol. The van der Waals surface area contributed by atoms with Gasteiger partial charge in [-0.25, -0.2) is 14.1 Å². The van der Waals surface area contributed by atoms with Gasteiger partial charge in [-0.1, -0.05) is 36.4 Å². The second kappa shape index (κ2) is 11.9. The molecule has 0 radical (unpaired) electrons. The van der Waals surface area contributed by atoms with Gasteiger partial charge in [-0.2, -0.15) is 0 Å². The molecule has 1 heterocycles. The van der Waals surface area contributed by atoms with Crippen molar-refractivity contribution in [1.29, 1.82) is 0 Å². The number of aryl methyl sites for hydroxylation is 2. The third kappa shape index (κ3) is 6.59. The van der Waals surface area contributed by atoms with Crippen LogP contribution in [0.2, 0.25) is 0 Å². The lowest BCUT2D eigenvalue weighted by molar-refractivity contribution is -0.0508. The number of nitrogens with zero attached hydrogens (tertiary/aromatic N) is 1. The van der Waals surface area contributed by atoms with Crippen molar-refractivity contribution in [2.75, 3.05) is 25.1 Å². The SMILES string of the molecule is C[C@](O)(COCCOCc1ccccc1)c1ccc([S@@](N)(=O)=NC(=O)Nc2c3c(cc4c2CCC4)CCC3)s1. The third-order valence-electron chi connectivity index (χ3n) is 7.19. The van der Waals surface area contributed by atoms with E-state index in [0.29, 0.717) is 24.7 Å². The topological polar surface area (TPSA) is 123 Å². The standard InChI is InChI=1S/C29H35N3O5S2/c1-29(34,19-37-16-15-36-18-20-7-3-2-4-8-20)25-13-14-26(38-25)39(30,35)32-28(33)31-27-23-11-5-9-21(23)17-22-10-6-12-24(22)27/h2-4,7-8,13-14,17,34H,5-6,9-12,15-16,18-19H2,1H3,(H3,30,31,32,33,35)/t29-,39-/m0/s1. The number of amides is 2. The Hall–Kier alpha value is -2.60. The van der Waals surface area contributed by atoms with Crippen LogP contribution in [0.5, 0.6) is 0 Å². The van der Waals surface area contributed by atoms with Gasteiger partial charge in [0.1, 0.15) is 9.81 Å². The predicted molar refractivity (Wildman–Crippen MR) is 153 cm³/mol. The molecule has 10 heteroatoms. The number of rotatable bonds is 10. The molecule has 0 bridgehead atoms. The van der Waals surface area contributed by atoms with Gasteiger partial charge in [-0.15, -0.1) is 15.7 Å². The van der Waals surface area contributed by atoms with Crippen LogP contribution in [0.15, 0.2) is 57.1 Å². The first-order valence-electron chi connectivity index (χ1n) is 13.3. The van der Waals surface area contributed by atoms with Gasteiger partial charge in [0.2, 0.25) is 0 Å². The highest BCUT2D eigenvalue weighted by atomic mass is 32.2. The number of thiophene rings is 1. The zero-order chi connectivity index (χ0) is 27.5. The molecule has 5 rings (SSSR count). The Balaban J connectivity index is 1.19. The van der Waals surface area contributed by atoms with E-state index in [2.05, 4.69) is 15.7 Å². The van der Waals surface area contributed by atoms with E-state index >= 15 is 0 Å². The minimum Gasteiger partial charge on any atom is -0.382 e. The number of hydrogen-bond donors (Lipinski definition) is 3. The molecule has 2 aliphatic rings. The fourth-order valence-electron chi connectivity index (χ4n) is 5.26. The first-order valence-corrected chi connectivity index (χ1v) is 15.7. The molecular formula is C29H35N3O5S2. The maximum atomic E-state index is 13.3. The Morgan fingerprint density at radius 2 is 1.72 bits per heavy atom. The average Bonchev–Trinajstić information content (AvgIpc) is 3.67. The van der Waals surface area contributed by atoms with E-state index < -0.39 is 21.5 Å². The minimum atomic E-state index is -3.50. The van der Waals surface area contributed by atoms with Crippen LogP contribution in [-0.4, -0.2) is 35.2 Å². The van der Waals surface area contributed by atoms with Crippen molar-refractivity contribution in [3.05, 3.63) is 81.2 Å². The molecule has 0 saturated carbocycles. The van der Waals surface area contributed by atoms with Crippen LogP contribution in [0.1, 0.15) is 52.5 Å². The zero-order valence-corrected chi connectivity index (χ0v) is 23.7. The maximum absolute atomic E-state index is 13.3. The van der Waals surface area contributed by atoms with E-state index in [4.69, 9.17) is 14.6 Å². The van der Waals surface area contributed by atoms with Crippen molar-refractivity contribution in [1.82, 2.24) is 0 Å². The third-order valence-corrected chi connectivity index (χ3v) is 10.4. The number of urea groups is 1. The van der Waals surface area contributed by atoms with Crippen LogP contribution < -0.4 is 10.5 Å². The van der Waals surface area contributed by atoms with Crippen molar-refractivity contribution >= 4 is 33.0 Å². The first kappa shape index (κ1) is 27.9. The molecule has 3 aromatic rings. The Bertz CT molecular complexity index is 1430. The molecule has 39 heavy (non-hydrogen) atoms. The van der Waals surface area contributed by atoms with Crippen molar-refractivity contribution < 1.29 is 23.6 Å². The molecule has 8 nitrogen and oxygen atoms in total. The molecule has 0 unspecified atom stereocenters. The lowest BCUT2D eigenvalue weighted by Crippen LogP contribution is -2.27. The molecular weight excluding hydrogens is 534 g/mol. The number of carbonyl (C=O) groups excluding carboxylic acids is 1. The van der Waals surface area contributed by atoms with Crippen LogP contribution in [0.3, 0.4) is 0 Å². The molecule has 2 atom stereocenters. The summed E-state index contributed by atoms with van der Waals surface area (Å²) in [6.07, 6.45) is 5.99. The summed E-state index contributed by atoms with van der Waals surface area (Å²) in [5, 5.41) is 19.9. The molecule has 0 fully saturated rings. The Kier molecular flexibility index (Phi) is 8.51. The highest BCUT2D eigenvalue weighted by Crippen LogP contribution is 2.39. The predicted octanol–water partition coefficient (Wildman–Crippen LogP) is 5.10. The second-order valence-corrected chi connectivity index (χ2v) is 13.4. The number of aliphatic hydroxyl groups is 1. The quantitative estimate of drug-likeness (QED) is 0.293. The summed E-state index contributed by atoms with van der Waals surface area (Å²) < 4.78 is 28.6. The van der Waals surface area contributed by atoms with Gasteiger partial charge in [0.05, 0.1) is 26.4 Å². The summed E-state index contributed by atoms with van der Waals surface area (Å²) in [5.74, 6) is 0. The Morgan fingerprint density at radius 1 is 1.05 bits per heavy atom. The highest BCUT2D eigenvalue weighted by molar-refractivity contribution is 7.93. The van der Waals surface area contributed by atoms with Crippen molar-refractivity contribution in [2.24, 2.45) is 9.50 Å². The summed E-state index contributed by atoms with van der Waals surface area (Å²) >= 11 is 1.07. The summed E-state index contributed by atoms with van der Waals surface area (Å²) in [5.41, 5.74) is 5.50. The van der Waals surface area contributed by atoms with E-state index in [0.717, 1.165) is 61.1 Å². The number of nitrogens with one attached hydrogen (secondary N) is 1. The van der Waals surface area contributed by atoms with Gasteiger partial charge in [0, 0.05) is 10.6 Å². The molecule has 1 aromatic heterocycles. The smallest absolute Gasteiger partial charge is 0.354 e. The van der Waals surface area contributed by atoms with E-state index in [1.54, 1.807) is 19.1 Å². The van der Waals surface area contributed by atoms with Gasteiger partial charge in [0.25, 0.3) is 0 Å². The number of anilines is 1. The van der Waals surface area contributed by atoms with E-state index in [-0.39, 0.29) is 10.8 Å². The van der Waals surface area contributed by atoms with E-state index in [1.165, 1.54) is 22.3 Å². The van der Waals surface area contributed by atoms with Crippen LogP contribution in [-0.2, 0) is 57.3 Å². The molecule has 208 valence electrons. The molecule has 0 saturated heterocycles. The van der Waals surface area contributed by atoms with Crippen molar-refractivity contribution in [3.8, 4) is 0 Å². The molecule has 2 amide bonds. The normalized spacial score (nSPS) is 17.2. The second-order valence-electron chi connectivity index (χ2n) is 10.3. The number of benzene rings is 2. The molecule has 0 spiro atoms. The summed E-state index contributed by atoms with van der Waals surface area (Å²) in [6.45, 7) is 2.84. The first-order chi connectivity index (χ1) is 18.7. The van der Waals surface area contributed by atoms with Crippen LogP contribution >= 0.6 is 11.3 Å². The van der Waals surface area contributed by atoms with Gasteiger partial charge >= 0.3 is 6.03 Å². The Labute approximate surface area is 233 Å². The molecule has 4 N–H and O–H groups in total. The van der Waals surface area contributed by atoms with Crippen molar-refractivity contribution in [2.45, 2.75) is 61.9 Å². The van der Waals surface area contributed by atoms with Gasteiger partial charge in [-0.05, 0) is 85.4 Å². The minimum absolute atomic E-state index is 0.0231. The number of hydrogen-bond acceptors (Lipinski definition) is 6. The lowest BCUT2D eigenvalue weighted by Gasteiger charge is -2.21. The fraction of sp³-hybridized carbons (Fsp3) is 0.414. The van der Waals surface area contributed by atoms with Gasteiger partial charge in [-0.3, -0.25) is 0 Å². The molecule has 2 aromatic carbocycles. The lowest BCUT2D eigenvalue weighted by atomic mass is 9.99. The summed E-state index contributed by atoms with van der Waals surface area (Å²) in [6, 6.07) is 14.6. The Morgan fingerprint density at radius 3 is 2.41 bits per heavy atom. The zero-order valence-electron chi connectivity index (χ0n) is 22.1. The maximum Gasteiger partial charge on any atom is 0.354 e. The van der Waals surface area contributed by atoms with Crippen molar-refractivity contribution in [3.63, 3.8) is 0 Å². The van der Waals surface area contributed by atoms with Gasteiger partial charge < -0.3 is 19.9 Å². The molecule has 0 aliphatic heterocycles. The summed E-state index contributed by atoms with van der Waals surface area (Å²) in [7, 11) is -3.50. The number of carbonyl (C=O) groups is 1. The number of ether oxygens (including phenoxy) is 2. The summed E-state index contributed by atoms with van der Waals surface area (Å²) in [4.78, 5) is 13.4. The number of fused-ring (bicyclic) bond motifs is 2.